The van der Waals surface area contributed by atoms with Gasteiger partial charge in [0.1, 0.15) is 5.69 Å². The van der Waals surface area contributed by atoms with E-state index < -0.39 is 0 Å². The van der Waals surface area contributed by atoms with Crippen LogP contribution >= 0.6 is 23.2 Å². The number of unbranched alkanes of at least 4 members (excludes halogenated alkanes) is 2. The molecule has 0 spiro atoms. The summed E-state index contributed by atoms with van der Waals surface area (Å²) < 4.78 is 0. The van der Waals surface area contributed by atoms with E-state index in [0.29, 0.717) is 10.9 Å². The van der Waals surface area contributed by atoms with Crippen molar-refractivity contribution in [2.75, 3.05) is 5.88 Å². The molecule has 0 atom stereocenters. The first kappa shape index (κ1) is 11.4. The molecule has 0 radical (unpaired) electrons. The summed E-state index contributed by atoms with van der Waals surface area (Å²) in [6.07, 6.45) is 4.57. The molecule has 1 nitrogen and oxygen atoms in total. The predicted octanol–water partition coefficient (Wildman–Crippen LogP) is 3.50. The highest BCUT2D eigenvalue weighted by Crippen LogP contribution is 2.06. The molecule has 74 valence electrons. The lowest BCUT2D eigenvalue weighted by molar-refractivity contribution is 0.833. The molecule has 0 saturated heterocycles. The third-order valence-electron chi connectivity index (χ3n) is 1.62. The molecule has 0 bridgehead atoms. The van der Waals surface area contributed by atoms with Crippen molar-refractivity contribution in [3.63, 3.8) is 0 Å². The number of nitrogens with zero attached hydrogens (tertiary/aromatic N) is 1. The monoisotopic (exact) mass is 227 g/mol. The van der Waals surface area contributed by atoms with E-state index in [9.17, 15) is 0 Å². The number of hydrogen-bond acceptors (Lipinski definition) is 1. The van der Waals surface area contributed by atoms with Crippen LogP contribution in [0.15, 0.2) is 18.3 Å². The quantitative estimate of drug-likeness (QED) is 0.438. The van der Waals surface area contributed by atoms with Crippen molar-refractivity contribution >= 4 is 23.2 Å². The van der Waals surface area contributed by atoms with Gasteiger partial charge >= 0.3 is 0 Å². The molecular formula is C11H11Cl2N. The van der Waals surface area contributed by atoms with Gasteiger partial charge < -0.3 is 0 Å². The molecule has 0 saturated carbocycles. The van der Waals surface area contributed by atoms with Crippen molar-refractivity contribution in [2.45, 2.75) is 19.3 Å². The molecule has 0 aliphatic rings. The van der Waals surface area contributed by atoms with E-state index >= 15 is 0 Å². The zero-order chi connectivity index (χ0) is 10.2. The minimum atomic E-state index is 0.671. The molecule has 0 N–H and O–H groups in total. The van der Waals surface area contributed by atoms with Crippen molar-refractivity contribution in [2.24, 2.45) is 0 Å². The second-order valence-corrected chi connectivity index (χ2v) is 3.62. The summed E-state index contributed by atoms with van der Waals surface area (Å²) in [7, 11) is 0. The fraction of sp³-hybridized carbons (Fsp3) is 0.364. The lowest BCUT2D eigenvalue weighted by Gasteiger charge is -1.90. The molecule has 0 amide bonds. The third kappa shape index (κ3) is 4.50. The summed E-state index contributed by atoms with van der Waals surface area (Å²) in [5.41, 5.74) is 0.725. The number of hydrogen-bond donors (Lipinski definition) is 0. The Morgan fingerprint density at radius 1 is 1.36 bits per heavy atom. The predicted molar refractivity (Wildman–Crippen MR) is 60.7 cm³/mol. The second kappa shape index (κ2) is 6.70. The molecule has 1 aromatic heterocycles. The topological polar surface area (TPSA) is 12.9 Å². The van der Waals surface area contributed by atoms with E-state index in [4.69, 9.17) is 23.2 Å². The number of halogens is 2. The molecule has 0 aliphatic carbocycles. The standard InChI is InChI=1S/C11H11Cl2N/c12-7-4-2-1-3-5-11-9-10(13)6-8-14-11/h6,8-9H,1-2,4,7H2. The van der Waals surface area contributed by atoms with Crippen LogP contribution in [0.5, 0.6) is 0 Å². The van der Waals surface area contributed by atoms with E-state index in [1.807, 2.05) is 0 Å². The van der Waals surface area contributed by atoms with Gasteiger partial charge in [0, 0.05) is 23.5 Å². The van der Waals surface area contributed by atoms with Crippen molar-refractivity contribution in [1.29, 1.82) is 0 Å². The summed E-state index contributed by atoms with van der Waals surface area (Å²) in [6, 6.07) is 3.50. The third-order valence-corrected chi connectivity index (χ3v) is 2.13. The number of alkyl halides is 1. The van der Waals surface area contributed by atoms with Gasteiger partial charge in [-0.25, -0.2) is 4.98 Å². The molecular weight excluding hydrogens is 217 g/mol. The molecule has 0 unspecified atom stereocenters. The first-order valence-corrected chi connectivity index (χ1v) is 5.40. The number of aromatic nitrogens is 1. The van der Waals surface area contributed by atoms with Crippen LogP contribution in [-0.4, -0.2) is 10.9 Å². The second-order valence-electron chi connectivity index (χ2n) is 2.81. The Labute approximate surface area is 94.4 Å². The summed E-state index contributed by atoms with van der Waals surface area (Å²) >= 11 is 11.3. The van der Waals surface area contributed by atoms with Crippen LogP contribution in [0.25, 0.3) is 0 Å². The van der Waals surface area contributed by atoms with Crippen molar-refractivity contribution in [3.8, 4) is 11.8 Å². The van der Waals surface area contributed by atoms with Crippen LogP contribution in [0.1, 0.15) is 25.0 Å². The average Bonchev–Trinajstić information content (AvgIpc) is 2.18. The Morgan fingerprint density at radius 2 is 2.21 bits per heavy atom. The fourth-order valence-electron chi connectivity index (χ4n) is 0.934. The zero-order valence-corrected chi connectivity index (χ0v) is 9.28. The molecule has 0 aliphatic heterocycles. The van der Waals surface area contributed by atoms with Crippen LogP contribution in [-0.2, 0) is 0 Å². The van der Waals surface area contributed by atoms with Gasteiger partial charge in [-0.2, -0.15) is 0 Å². The summed E-state index contributed by atoms with van der Waals surface area (Å²) in [5, 5.41) is 0.671. The minimum Gasteiger partial charge on any atom is -0.248 e. The molecule has 1 aromatic rings. The van der Waals surface area contributed by atoms with E-state index in [0.717, 1.165) is 25.0 Å². The summed E-state index contributed by atoms with van der Waals surface area (Å²) in [6.45, 7) is 0. The van der Waals surface area contributed by atoms with E-state index in [1.165, 1.54) is 0 Å². The summed E-state index contributed by atoms with van der Waals surface area (Å²) in [4.78, 5) is 4.07. The molecule has 1 rings (SSSR count). The SMILES string of the molecule is ClCCCCC#Cc1cc(Cl)ccn1. The van der Waals surface area contributed by atoms with Crippen molar-refractivity contribution in [1.82, 2.24) is 4.98 Å². The Balaban J connectivity index is 2.43. The minimum absolute atomic E-state index is 0.671. The number of pyridine rings is 1. The molecule has 1 heterocycles. The normalized spacial score (nSPS) is 9.29. The first-order chi connectivity index (χ1) is 6.83. The van der Waals surface area contributed by atoms with Gasteiger partial charge in [0.2, 0.25) is 0 Å². The Bertz CT molecular complexity index is 339. The van der Waals surface area contributed by atoms with Crippen LogP contribution in [0.3, 0.4) is 0 Å². The van der Waals surface area contributed by atoms with Crippen LogP contribution in [0.4, 0.5) is 0 Å². The highest BCUT2D eigenvalue weighted by atomic mass is 35.5. The maximum absolute atomic E-state index is 5.78. The maximum Gasteiger partial charge on any atom is 0.114 e. The van der Waals surface area contributed by atoms with Crippen molar-refractivity contribution < 1.29 is 0 Å². The van der Waals surface area contributed by atoms with E-state index in [2.05, 4.69) is 16.8 Å². The molecule has 0 fully saturated rings. The van der Waals surface area contributed by atoms with Crippen LogP contribution in [0, 0.1) is 11.8 Å². The van der Waals surface area contributed by atoms with Gasteiger partial charge in [0.25, 0.3) is 0 Å². The smallest absolute Gasteiger partial charge is 0.114 e. The number of rotatable bonds is 3. The molecule has 3 heteroatoms. The van der Waals surface area contributed by atoms with E-state index in [-0.39, 0.29) is 0 Å². The zero-order valence-electron chi connectivity index (χ0n) is 7.76. The Kier molecular flexibility index (Phi) is 5.44. The van der Waals surface area contributed by atoms with E-state index in [1.54, 1.807) is 18.3 Å². The first-order valence-electron chi connectivity index (χ1n) is 4.49. The van der Waals surface area contributed by atoms with Crippen LogP contribution < -0.4 is 0 Å². The van der Waals surface area contributed by atoms with Crippen molar-refractivity contribution in [3.05, 3.63) is 29.0 Å². The lowest BCUT2D eigenvalue weighted by atomic mass is 10.2. The molecule has 0 aromatic carbocycles. The average molecular weight is 228 g/mol. The highest BCUT2D eigenvalue weighted by molar-refractivity contribution is 6.30. The Hall–Kier alpha value is -0.710. The lowest BCUT2D eigenvalue weighted by Crippen LogP contribution is -1.80. The summed E-state index contributed by atoms with van der Waals surface area (Å²) in [5.74, 6) is 6.70. The largest absolute Gasteiger partial charge is 0.248 e. The molecule has 14 heavy (non-hydrogen) atoms. The van der Waals surface area contributed by atoms with Gasteiger partial charge in [-0.15, -0.1) is 11.6 Å². The van der Waals surface area contributed by atoms with Crippen LogP contribution in [0.2, 0.25) is 5.02 Å². The highest BCUT2D eigenvalue weighted by Gasteiger charge is 1.89. The van der Waals surface area contributed by atoms with Gasteiger partial charge in [-0.05, 0) is 30.9 Å². The van der Waals surface area contributed by atoms with Gasteiger partial charge in [-0.1, -0.05) is 17.5 Å². The Morgan fingerprint density at radius 3 is 2.93 bits per heavy atom. The van der Waals surface area contributed by atoms with Gasteiger partial charge in [0.05, 0.1) is 0 Å². The maximum atomic E-state index is 5.78. The van der Waals surface area contributed by atoms with Gasteiger partial charge in [-0.3, -0.25) is 0 Å². The fourth-order valence-corrected chi connectivity index (χ4v) is 1.28. The van der Waals surface area contributed by atoms with Gasteiger partial charge in [0.15, 0.2) is 0 Å².